The van der Waals surface area contributed by atoms with Crippen LogP contribution in [0.25, 0.3) is 0 Å². The molecule has 1 N–H and O–H groups in total. The van der Waals surface area contributed by atoms with E-state index in [9.17, 15) is 23.9 Å². The number of piperidine rings is 1. The molecule has 0 aliphatic carbocycles. The molecule has 0 saturated carbocycles. The van der Waals surface area contributed by atoms with E-state index in [2.05, 4.69) is 4.90 Å². The third kappa shape index (κ3) is 5.04. The number of aromatic carboxylic acids is 1. The SMILES string of the molecule is CC(C)Oc1cccc(CN2CCC3(C[C@@H]2C)C(=O)N(c2cccc(C(=O)O)c2)C(=O)N3c2cccc(F)c2)c1. The van der Waals surface area contributed by atoms with E-state index in [1.165, 1.54) is 47.4 Å². The molecule has 2 fully saturated rings. The van der Waals surface area contributed by atoms with Gasteiger partial charge in [0, 0.05) is 24.8 Å². The van der Waals surface area contributed by atoms with Gasteiger partial charge in [0.1, 0.15) is 17.1 Å². The summed E-state index contributed by atoms with van der Waals surface area (Å²) in [5.74, 6) is -1.33. The zero-order valence-electron chi connectivity index (χ0n) is 22.7. The number of carbonyl (C=O) groups excluding carboxylic acids is 2. The minimum Gasteiger partial charge on any atom is -0.491 e. The minimum absolute atomic E-state index is 0.0387. The third-order valence-corrected chi connectivity index (χ3v) is 7.55. The van der Waals surface area contributed by atoms with Gasteiger partial charge in [0.15, 0.2) is 0 Å². The van der Waals surface area contributed by atoms with Crippen molar-refractivity contribution in [3.8, 4) is 5.75 Å². The normalized spacial score (nSPS) is 21.5. The molecule has 0 bridgehead atoms. The van der Waals surface area contributed by atoms with Crippen molar-refractivity contribution in [1.82, 2.24) is 4.90 Å². The molecule has 208 valence electrons. The van der Waals surface area contributed by atoms with E-state index < -0.39 is 29.3 Å². The van der Waals surface area contributed by atoms with Gasteiger partial charge in [0.25, 0.3) is 5.91 Å². The average molecular weight is 546 g/mol. The van der Waals surface area contributed by atoms with Gasteiger partial charge in [0.05, 0.1) is 17.4 Å². The molecule has 5 rings (SSSR count). The summed E-state index contributed by atoms with van der Waals surface area (Å²) >= 11 is 0. The Morgan fingerprint density at radius 2 is 1.77 bits per heavy atom. The second kappa shape index (κ2) is 10.7. The lowest BCUT2D eigenvalue weighted by Gasteiger charge is -2.45. The van der Waals surface area contributed by atoms with Crippen LogP contribution in [0.2, 0.25) is 0 Å². The fraction of sp³-hybridized carbons (Fsp3) is 0.323. The Morgan fingerprint density at radius 3 is 2.48 bits per heavy atom. The number of hydrogen-bond donors (Lipinski definition) is 1. The maximum Gasteiger partial charge on any atom is 0.336 e. The molecule has 3 amide bonds. The highest BCUT2D eigenvalue weighted by Crippen LogP contribution is 2.44. The van der Waals surface area contributed by atoms with Gasteiger partial charge in [-0.3, -0.25) is 14.6 Å². The van der Waals surface area contributed by atoms with Crippen LogP contribution in [-0.2, 0) is 11.3 Å². The number of anilines is 2. The molecule has 2 aliphatic heterocycles. The standard InChI is InChI=1S/C31H32FN3O5/c1-20(2)40-27-12-4-7-22(15-27)19-33-14-13-31(18-21(33)3)29(38)34(25-10-5-8-23(16-25)28(36)37)30(39)35(31)26-11-6-9-24(32)17-26/h4-12,15-17,20-21H,13-14,18-19H2,1-3H3,(H,36,37)/t21-,31?/m0/s1. The van der Waals surface area contributed by atoms with Crippen molar-refractivity contribution in [2.45, 2.75) is 57.8 Å². The summed E-state index contributed by atoms with van der Waals surface area (Å²) in [4.78, 5) is 44.4. The van der Waals surface area contributed by atoms with Crippen molar-refractivity contribution < 1.29 is 28.6 Å². The van der Waals surface area contributed by atoms with Crippen molar-refractivity contribution in [1.29, 1.82) is 0 Å². The maximum atomic E-state index is 14.3. The van der Waals surface area contributed by atoms with E-state index in [-0.39, 0.29) is 29.1 Å². The second-order valence-electron chi connectivity index (χ2n) is 10.7. The van der Waals surface area contributed by atoms with Crippen molar-refractivity contribution in [3.63, 3.8) is 0 Å². The highest BCUT2D eigenvalue weighted by atomic mass is 19.1. The van der Waals surface area contributed by atoms with E-state index in [0.29, 0.717) is 25.9 Å². The zero-order valence-corrected chi connectivity index (χ0v) is 22.7. The predicted octanol–water partition coefficient (Wildman–Crippen LogP) is 5.71. The number of carboxylic acid groups (broad SMARTS) is 1. The van der Waals surface area contributed by atoms with Gasteiger partial charge in [-0.1, -0.05) is 24.3 Å². The van der Waals surface area contributed by atoms with Gasteiger partial charge in [0.2, 0.25) is 0 Å². The minimum atomic E-state index is -1.25. The number of nitrogens with zero attached hydrogens (tertiary/aromatic N) is 3. The maximum absolute atomic E-state index is 14.3. The van der Waals surface area contributed by atoms with Gasteiger partial charge in [-0.05, 0) is 87.7 Å². The number of imide groups is 1. The van der Waals surface area contributed by atoms with Crippen LogP contribution in [0.4, 0.5) is 20.6 Å². The molecule has 2 atom stereocenters. The highest BCUT2D eigenvalue weighted by Gasteiger charge is 2.60. The lowest BCUT2D eigenvalue weighted by molar-refractivity contribution is -0.123. The molecule has 3 aromatic rings. The van der Waals surface area contributed by atoms with E-state index >= 15 is 0 Å². The number of likely N-dealkylation sites (tertiary alicyclic amines) is 1. The Hall–Kier alpha value is -4.24. The van der Waals surface area contributed by atoms with Crippen molar-refractivity contribution >= 4 is 29.3 Å². The number of rotatable bonds is 7. The molecule has 1 spiro atoms. The Morgan fingerprint density at radius 1 is 1.05 bits per heavy atom. The first-order valence-corrected chi connectivity index (χ1v) is 13.4. The first-order chi connectivity index (χ1) is 19.1. The van der Waals surface area contributed by atoms with E-state index in [1.807, 2.05) is 45.0 Å². The highest BCUT2D eigenvalue weighted by molar-refractivity contribution is 6.30. The Bertz CT molecular complexity index is 1460. The second-order valence-corrected chi connectivity index (χ2v) is 10.7. The summed E-state index contributed by atoms with van der Waals surface area (Å²) in [6.45, 7) is 7.13. The van der Waals surface area contributed by atoms with E-state index in [1.54, 1.807) is 6.07 Å². The molecule has 9 heteroatoms. The topological polar surface area (TPSA) is 90.4 Å². The summed E-state index contributed by atoms with van der Waals surface area (Å²) in [6.07, 6.45) is 0.712. The number of carboxylic acids is 1. The number of carbonyl (C=O) groups is 3. The largest absolute Gasteiger partial charge is 0.491 e. The zero-order chi connectivity index (χ0) is 28.6. The molecule has 2 saturated heterocycles. The van der Waals surface area contributed by atoms with Gasteiger partial charge < -0.3 is 9.84 Å². The van der Waals surface area contributed by atoms with Crippen LogP contribution in [0.3, 0.4) is 0 Å². The molecular weight excluding hydrogens is 513 g/mol. The Labute approximate surface area is 232 Å². The van der Waals surface area contributed by atoms with Crippen LogP contribution in [-0.4, -0.2) is 52.1 Å². The van der Waals surface area contributed by atoms with Crippen molar-refractivity contribution in [2.24, 2.45) is 0 Å². The average Bonchev–Trinajstić information content (AvgIpc) is 3.11. The summed E-state index contributed by atoms with van der Waals surface area (Å²) in [7, 11) is 0. The number of benzene rings is 3. The molecule has 40 heavy (non-hydrogen) atoms. The number of hydrogen-bond acceptors (Lipinski definition) is 5. The monoisotopic (exact) mass is 545 g/mol. The lowest BCUT2D eigenvalue weighted by Crippen LogP contribution is -2.59. The van der Waals surface area contributed by atoms with E-state index in [0.717, 1.165) is 16.2 Å². The summed E-state index contributed by atoms with van der Waals surface area (Å²) in [5.41, 5.74) is 0.245. The van der Waals surface area contributed by atoms with Gasteiger partial charge in [-0.25, -0.2) is 18.9 Å². The Kier molecular flexibility index (Phi) is 7.33. The summed E-state index contributed by atoms with van der Waals surface area (Å²) in [5, 5.41) is 9.48. The van der Waals surface area contributed by atoms with Crippen molar-refractivity contribution in [2.75, 3.05) is 16.3 Å². The quantitative estimate of drug-likeness (QED) is 0.383. The molecule has 2 heterocycles. The fourth-order valence-corrected chi connectivity index (χ4v) is 5.78. The lowest BCUT2D eigenvalue weighted by atomic mass is 9.81. The van der Waals surface area contributed by atoms with Crippen LogP contribution in [0.1, 0.15) is 49.5 Å². The summed E-state index contributed by atoms with van der Waals surface area (Å²) in [6, 6.07) is 18.6. The molecule has 0 radical (unpaired) electrons. The molecule has 8 nitrogen and oxygen atoms in total. The summed E-state index contributed by atoms with van der Waals surface area (Å²) < 4.78 is 20.2. The fourth-order valence-electron chi connectivity index (χ4n) is 5.78. The van der Waals surface area contributed by atoms with Crippen LogP contribution in [0.5, 0.6) is 5.75 Å². The molecule has 2 aliphatic rings. The number of urea groups is 1. The van der Waals surface area contributed by atoms with Crippen molar-refractivity contribution in [3.05, 3.63) is 89.7 Å². The van der Waals surface area contributed by atoms with Crippen LogP contribution in [0, 0.1) is 5.82 Å². The van der Waals surface area contributed by atoms with E-state index in [4.69, 9.17) is 4.74 Å². The van der Waals surface area contributed by atoms with Crippen LogP contribution in [0.15, 0.2) is 72.8 Å². The predicted molar refractivity (Wildman–Crippen MR) is 149 cm³/mol. The van der Waals surface area contributed by atoms with Gasteiger partial charge in [-0.15, -0.1) is 0 Å². The van der Waals surface area contributed by atoms with Gasteiger partial charge >= 0.3 is 12.0 Å². The molecule has 3 aromatic carbocycles. The third-order valence-electron chi connectivity index (χ3n) is 7.55. The molecule has 1 unspecified atom stereocenters. The van der Waals surface area contributed by atoms with Crippen LogP contribution < -0.4 is 14.5 Å². The number of ether oxygens (including phenoxy) is 1. The van der Waals surface area contributed by atoms with Crippen LogP contribution >= 0.6 is 0 Å². The first kappa shape index (κ1) is 27.3. The smallest absolute Gasteiger partial charge is 0.336 e. The first-order valence-electron chi connectivity index (χ1n) is 13.4. The molecule has 0 aromatic heterocycles. The molecular formula is C31H32FN3O5. The number of halogens is 1. The number of amides is 3. The Balaban J connectivity index is 1.48. The van der Waals surface area contributed by atoms with Gasteiger partial charge in [-0.2, -0.15) is 0 Å².